The fraction of sp³-hybridized carbons (Fsp3) is 0.688. The number of nitrogens with zero attached hydrogens (tertiary/aromatic N) is 3. The molecular formula is C16H27N3O2. The van der Waals surface area contributed by atoms with Gasteiger partial charge >= 0.3 is 0 Å². The Morgan fingerprint density at radius 1 is 1.29 bits per heavy atom. The minimum absolute atomic E-state index is 0.0959. The lowest BCUT2D eigenvalue weighted by atomic mass is 9.89. The summed E-state index contributed by atoms with van der Waals surface area (Å²) in [5, 5.41) is 10.2. The summed E-state index contributed by atoms with van der Waals surface area (Å²) < 4.78 is 1.86. The quantitative estimate of drug-likeness (QED) is 0.911. The molecule has 0 radical (unpaired) electrons. The fourth-order valence-electron chi connectivity index (χ4n) is 2.50. The second kappa shape index (κ2) is 6.20. The molecule has 0 aromatic carbocycles. The highest BCUT2D eigenvalue weighted by Gasteiger charge is 2.28. The van der Waals surface area contributed by atoms with Crippen LogP contribution >= 0.6 is 0 Å². The van der Waals surface area contributed by atoms with E-state index in [0.717, 1.165) is 31.9 Å². The number of aliphatic hydroxyl groups excluding tert-OH is 1. The lowest BCUT2D eigenvalue weighted by Gasteiger charge is -2.38. The zero-order valence-electron chi connectivity index (χ0n) is 13.5. The van der Waals surface area contributed by atoms with Gasteiger partial charge in [-0.2, -0.15) is 0 Å². The van der Waals surface area contributed by atoms with E-state index in [-0.39, 0.29) is 17.4 Å². The number of β-amino-alcohol motifs (C(OH)–C–C–N with tert-alkyl or cyclic N) is 1. The van der Waals surface area contributed by atoms with Crippen molar-refractivity contribution in [2.24, 2.45) is 12.5 Å². The number of aryl methyl sites for hydroxylation is 1. The fourth-order valence-corrected chi connectivity index (χ4v) is 2.50. The van der Waals surface area contributed by atoms with Crippen LogP contribution in [0.3, 0.4) is 0 Å². The number of hydrogen-bond acceptors (Lipinski definition) is 3. The first-order valence-electron chi connectivity index (χ1n) is 7.60. The van der Waals surface area contributed by atoms with Crippen molar-refractivity contribution in [3.05, 3.63) is 24.0 Å². The van der Waals surface area contributed by atoms with E-state index in [1.54, 1.807) is 0 Å². The van der Waals surface area contributed by atoms with Gasteiger partial charge in [0.05, 0.1) is 6.10 Å². The maximum absolute atomic E-state index is 12.4. The molecule has 0 unspecified atom stereocenters. The molecule has 0 saturated carbocycles. The molecule has 1 fully saturated rings. The third-order valence-corrected chi connectivity index (χ3v) is 4.25. The number of carbonyl (C=O) groups excluding carboxylic acids is 1. The standard InChI is InChI=1S/C16H27N3O2/c1-16(2,3)14(20)12-18-8-10-19(11-9-18)15(21)13-6-5-7-17(13)4/h5-7,14,20H,8-12H2,1-4H3/t14-/m0/s1. The Hall–Kier alpha value is -1.33. The monoisotopic (exact) mass is 293 g/mol. The summed E-state index contributed by atoms with van der Waals surface area (Å²) in [7, 11) is 1.89. The second-order valence-corrected chi connectivity index (χ2v) is 6.98. The van der Waals surface area contributed by atoms with Crippen molar-refractivity contribution in [1.82, 2.24) is 14.4 Å². The van der Waals surface area contributed by atoms with Crippen molar-refractivity contribution >= 4 is 5.91 Å². The van der Waals surface area contributed by atoms with Crippen LogP contribution in [0.1, 0.15) is 31.3 Å². The summed E-state index contributed by atoms with van der Waals surface area (Å²) in [5.41, 5.74) is 0.633. The summed E-state index contributed by atoms with van der Waals surface area (Å²) in [4.78, 5) is 16.5. The number of hydrogen-bond donors (Lipinski definition) is 1. The number of piperazine rings is 1. The van der Waals surface area contributed by atoms with Crippen LogP contribution in [-0.4, -0.2) is 64.2 Å². The van der Waals surface area contributed by atoms with Crippen LogP contribution in [0.4, 0.5) is 0 Å². The van der Waals surface area contributed by atoms with E-state index in [0.29, 0.717) is 6.54 Å². The summed E-state index contributed by atoms with van der Waals surface area (Å²) in [6.45, 7) is 9.91. The Kier molecular flexibility index (Phi) is 4.74. The van der Waals surface area contributed by atoms with Gasteiger partial charge in [0.25, 0.3) is 5.91 Å². The van der Waals surface area contributed by atoms with Crippen molar-refractivity contribution in [3.8, 4) is 0 Å². The molecule has 0 bridgehead atoms. The van der Waals surface area contributed by atoms with Crippen LogP contribution in [0.15, 0.2) is 18.3 Å². The van der Waals surface area contributed by atoms with Crippen molar-refractivity contribution in [2.75, 3.05) is 32.7 Å². The molecule has 1 aromatic rings. The molecule has 21 heavy (non-hydrogen) atoms. The smallest absolute Gasteiger partial charge is 0.270 e. The number of aromatic nitrogens is 1. The predicted molar refractivity (Wildman–Crippen MR) is 83.2 cm³/mol. The molecular weight excluding hydrogens is 266 g/mol. The maximum atomic E-state index is 12.4. The van der Waals surface area contributed by atoms with Gasteiger partial charge in [-0.15, -0.1) is 0 Å². The number of aliphatic hydroxyl groups is 1. The summed E-state index contributed by atoms with van der Waals surface area (Å²) >= 11 is 0. The molecule has 5 nitrogen and oxygen atoms in total. The number of rotatable bonds is 3. The molecule has 1 saturated heterocycles. The molecule has 5 heteroatoms. The topological polar surface area (TPSA) is 48.7 Å². The minimum Gasteiger partial charge on any atom is -0.391 e. The lowest BCUT2D eigenvalue weighted by Crippen LogP contribution is -2.51. The van der Waals surface area contributed by atoms with E-state index < -0.39 is 0 Å². The van der Waals surface area contributed by atoms with E-state index in [1.165, 1.54) is 0 Å². The van der Waals surface area contributed by atoms with Gasteiger partial charge in [-0.25, -0.2) is 0 Å². The maximum Gasteiger partial charge on any atom is 0.270 e. The van der Waals surface area contributed by atoms with Crippen molar-refractivity contribution < 1.29 is 9.90 Å². The molecule has 1 aliphatic heterocycles. The molecule has 2 heterocycles. The molecule has 1 aromatic heterocycles. The first-order valence-corrected chi connectivity index (χ1v) is 7.60. The van der Waals surface area contributed by atoms with Gasteiger partial charge in [0.2, 0.25) is 0 Å². The first-order chi connectivity index (χ1) is 9.79. The zero-order valence-corrected chi connectivity index (χ0v) is 13.5. The average molecular weight is 293 g/mol. The Bertz CT molecular complexity index is 482. The van der Waals surface area contributed by atoms with Crippen molar-refractivity contribution in [3.63, 3.8) is 0 Å². The summed E-state index contributed by atoms with van der Waals surface area (Å²) in [6, 6.07) is 3.75. The van der Waals surface area contributed by atoms with Crippen LogP contribution in [0.25, 0.3) is 0 Å². The number of amides is 1. The van der Waals surface area contributed by atoms with Gasteiger partial charge in [-0.05, 0) is 17.5 Å². The van der Waals surface area contributed by atoms with Crippen LogP contribution < -0.4 is 0 Å². The van der Waals surface area contributed by atoms with E-state index in [1.807, 2.05) is 55.6 Å². The Morgan fingerprint density at radius 2 is 1.90 bits per heavy atom. The van der Waals surface area contributed by atoms with Gasteiger partial charge in [-0.3, -0.25) is 9.69 Å². The zero-order chi connectivity index (χ0) is 15.6. The predicted octanol–water partition coefficient (Wildman–Crippen LogP) is 1.19. The first kappa shape index (κ1) is 16.0. The van der Waals surface area contributed by atoms with E-state index >= 15 is 0 Å². The minimum atomic E-state index is -0.340. The summed E-state index contributed by atoms with van der Waals surface area (Å²) in [5.74, 6) is 0.0959. The normalized spacial score (nSPS) is 18.8. The second-order valence-electron chi connectivity index (χ2n) is 6.98. The van der Waals surface area contributed by atoms with Gasteiger partial charge in [0, 0.05) is 46.0 Å². The van der Waals surface area contributed by atoms with Crippen molar-refractivity contribution in [2.45, 2.75) is 26.9 Å². The van der Waals surface area contributed by atoms with E-state index in [2.05, 4.69) is 4.90 Å². The highest BCUT2D eigenvalue weighted by Crippen LogP contribution is 2.20. The van der Waals surface area contributed by atoms with Gasteiger partial charge in [0.15, 0.2) is 0 Å². The molecule has 1 aliphatic rings. The van der Waals surface area contributed by atoms with Crippen LogP contribution in [-0.2, 0) is 7.05 Å². The molecule has 118 valence electrons. The van der Waals surface area contributed by atoms with Gasteiger partial charge in [0.1, 0.15) is 5.69 Å². The summed E-state index contributed by atoms with van der Waals surface area (Å²) in [6.07, 6.45) is 1.55. The van der Waals surface area contributed by atoms with E-state index in [9.17, 15) is 9.90 Å². The number of carbonyl (C=O) groups is 1. The Labute approximate surface area is 127 Å². The van der Waals surface area contributed by atoms with Gasteiger partial charge < -0.3 is 14.6 Å². The SMILES string of the molecule is Cn1cccc1C(=O)N1CCN(C[C@H](O)C(C)(C)C)CC1. The van der Waals surface area contributed by atoms with Crippen LogP contribution in [0.5, 0.6) is 0 Å². The Balaban J connectivity index is 1.86. The third kappa shape index (κ3) is 3.86. The molecule has 1 atom stereocenters. The highest BCUT2D eigenvalue weighted by molar-refractivity contribution is 5.92. The molecule has 1 amide bonds. The van der Waals surface area contributed by atoms with Gasteiger partial charge in [-0.1, -0.05) is 20.8 Å². The van der Waals surface area contributed by atoms with Crippen LogP contribution in [0, 0.1) is 5.41 Å². The average Bonchev–Trinajstić information content (AvgIpc) is 2.84. The highest BCUT2D eigenvalue weighted by atomic mass is 16.3. The molecule has 0 spiro atoms. The lowest BCUT2D eigenvalue weighted by molar-refractivity contribution is 0.0135. The third-order valence-electron chi connectivity index (χ3n) is 4.25. The largest absolute Gasteiger partial charge is 0.391 e. The molecule has 0 aliphatic carbocycles. The van der Waals surface area contributed by atoms with E-state index in [4.69, 9.17) is 0 Å². The van der Waals surface area contributed by atoms with Crippen molar-refractivity contribution in [1.29, 1.82) is 0 Å². The Morgan fingerprint density at radius 3 is 2.38 bits per heavy atom. The van der Waals surface area contributed by atoms with Crippen LogP contribution in [0.2, 0.25) is 0 Å². The molecule has 1 N–H and O–H groups in total. The molecule has 2 rings (SSSR count).